The molecule has 2 aliphatic rings. The Morgan fingerprint density at radius 1 is 1.35 bits per heavy atom. The van der Waals surface area contributed by atoms with Crippen LogP contribution in [-0.4, -0.2) is 65.0 Å². The summed E-state index contributed by atoms with van der Waals surface area (Å²) in [5.41, 5.74) is -2.37. The van der Waals surface area contributed by atoms with Gasteiger partial charge in [-0.05, 0) is 11.4 Å². The quantitative estimate of drug-likeness (QED) is 0.179. The largest absolute Gasteiger partial charge is 1.00 e. The third-order valence-corrected chi connectivity index (χ3v) is 6.83. The number of fused-ring (bicyclic) bond motifs is 1. The second-order valence-electron chi connectivity index (χ2n) is 6.46. The number of hydrogen-bond donors (Lipinski definition) is 1. The van der Waals surface area contributed by atoms with Crippen LogP contribution in [0, 0.1) is 0 Å². The van der Waals surface area contributed by atoms with Gasteiger partial charge in [-0.25, -0.2) is 4.79 Å². The number of carbonyl (C=O) groups is 5. The van der Waals surface area contributed by atoms with Crippen LogP contribution in [0.5, 0.6) is 0 Å². The van der Waals surface area contributed by atoms with Crippen LogP contribution in [0.15, 0.2) is 28.8 Å². The standard InChI is InChI=1S/C18H18N2O8S2.Na/c1-9(21)28-7-10-8-30-16-18(17(26)27-2,15(25)20(16)13(10)14(23)24)19-12(22)6-11-4-3-5-29-11;/h3-5,16H,6-8H2,1-2H3,(H,19,22)(H,23,24);/q;+1/p-1/t16-,18-;/m1./s1. The number of rotatable bonds is 7. The summed E-state index contributed by atoms with van der Waals surface area (Å²) in [6.45, 7) is 0.830. The van der Waals surface area contributed by atoms with Crippen LogP contribution < -0.4 is 40.0 Å². The number of nitrogens with one attached hydrogen (secondary N) is 1. The number of carbonyl (C=O) groups excluding carboxylic acids is 5. The molecule has 160 valence electrons. The molecule has 1 fully saturated rings. The maximum absolute atomic E-state index is 13.0. The van der Waals surface area contributed by atoms with Gasteiger partial charge in [0.25, 0.3) is 5.91 Å². The summed E-state index contributed by atoms with van der Waals surface area (Å²) in [7, 11) is 1.07. The van der Waals surface area contributed by atoms with Gasteiger partial charge in [0.2, 0.25) is 11.4 Å². The van der Waals surface area contributed by atoms with Gasteiger partial charge >= 0.3 is 41.5 Å². The predicted octanol–water partition coefficient (Wildman–Crippen LogP) is -4.20. The number of esters is 2. The minimum absolute atomic E-state index is 0. The van der Waals surface area contributed by atoms with E-state index in [9.17, 15) is 29.1 Å². The van der Waals surface area contributed by atoms with Crippen molar-refractivity contribution in [1.29, 1.82) is 0 Å². The molecule has 2 atom stereocenters. The van der Waals surface area contributed by atoms with Gasteiger partial charge in [0.05, 0.1) is 25.2 Å². The fourth-order valence-corrected chi connectivity index (χ4v) is 5.40. The summed E-state index contributed by atoms with van der Waals surface area (Å²) in [5.74, 6) is -4.76. The third-order valence-electron chi connectivity index (χ3n) is 4.55. The Labute approximate surface area is 207 Å². The first-order chi connectivity index (χ1) is 14.2. The van der Waals surface area contributed by atoms with Crippen molar-refractivity contribution < 1.29 is 68.1 Å². The van der Waals surface area contributed by atoms with Gasteiger partial charge < -0.3 is 24.7 Å². The van der Waals surface area contributed by atoms with Crippen molar-refractivity contribution in [3.05, 3.63) is 33.7 Å². The Morgan fingerprint density at radius 2 is 2.06 bits per heavy atom. The van der Waals surface area contributed by atoms with E-state index in [1.54, 1.807) is 17.5 Å². The summed E-state index contributed by atoms with van der Waals surface area (Å²) in [5, 5.41) is 14.9. The zero-order valence-electron chi connectivity index (χ0n) is 17.0. The van der Waals surface area contributed by atoms with Crippen LogP contribution >= 0.6 is 23.1 Å². The number of methoxy groups -OCH3 is 1. The van der Waals surface area contributed by atoms with Crippen LogP contribution in [0.25, 0.3) is 0 Å². The number of ether oxygens (including phenoxy) is 2. The van der Waals surface area contributed by atoms with Crippen LogP contribution in [0.1, 0.15) is 11.8 Å². The average Bonchev–Trinajstić information content (AvgIpc) is 3.21. The molecule has 0 aliphatic carbocycles. The van der Waals surface area contributed by atoms with E-state index in [1.807, 2.05) is 0 Å². The molecule has 31 heavy (non-hydrogen) atoms. The first-order valence-electron chi connectivity index (χ1n) is 8.66. The summed E-state index contributed by atoms with van der Waals surface area (Å²) >= 11 is 2.39. The van der Waals surface area contributed by atoms with E-state index in [4.69, 9.17) is 9.47 Å². The fourth-order valence-electron chi connectivity index (χ4n) is 3.26. The Morgan fingerprint density at radius 3 is 2.61 bits per heavy atom. The van der Waals surface area contributed by atoms with Gasteiger partial charge in [0.15, 0.2) is 0 Å². The van der Waals surface area contributed by atoms with Crippen LogP contribution in [0.4, 0.5) is 0 Å². The maximum Gasteiger partial charge on any atom is 1.00 e. The Hall–Kier alpha value is -1.86. The molecule has 0 radical (unpaired) electrons. The van der Waals surface area contributed by atoms with Crippen molar-refractivity contribution in [2.24, 2.45) is 0 Å². The van der Waals surface area contributed by atoms with E-state index in [-0.39, 0.29) is 53.9 Å². The van der Waals surface area contributed by atoms with E-state index < -0.39 is 46.3 Å². The predicted molar refractivity (Wildman–Crippen MR) is 103 cm³/mol. The Kier molecular flexibility index (Phi) is 8.34. The van der Waals surface area contributed by atoms with E-state index in [0.717, 1.165) is 35.6 Å². The molecule has 2 aliphatic heterocycles. The second-order valence-corrected chi connectivity index (χ2v) is 8.56. The number of hydrogen-bond acceptors (Lipinski definition) is 10. The molecule has 13 heteroatoms. The van der Waals surface area contributed by atoms with E-state index >= 15 is 0 Å². The number of carboxylic acids is 1. The molecule has 0 saturated carbocycles. The van der Waals surface area contributed by atoms with E-state index in [0.29, 0.717) is 0 Å². The topological polar surface area (TPSA) is 142 Å². The van der Waals surface area contributed by atoms with Crippen molar-refractivity contribution in [1.82, 2.24) is 10.2 Å². The molecule has 0 spiro atoms. The molecule has 10 nitrogen and oxygen atoms in total. The number of thiophene rings is 1. The molecular weight excluding hydrogens is 459 g/mol. The van der Waals surface area contributed by atoms with Crippen molar-refractivity contribution >= 4 is 52.8 Å². The normalized spacial score (nSPS) is 21.9. The van der Waals surface area contributed by atoms with Crippen molar-refractivity contribution in [2.75, 3.05) is 19.5 Å². The minimum atomic E-state index is -2.05. The fraction of sp³-hybridized carbons (Fsp3) is 0.389. The number of aliphatic carboxylic acids is 1. The monoisotopic (exact) mass is 476 g/mol. The van der Waals surface area contributed by atoms with Crippen LogP contribution in [0.3, 0.4) is 0 Å². The maximum atomic E-state index is 13.0. The van der Waals surface area contributed by atoms with Crippen molar-refractivity contribution in [3.8, 4) is 0 Å². The van der Waals surface area contributed by atoms with Crippen molar-refractivity contribution in [2.45, 2.75) is 24.3 Å². The van der Waals surface area contributed by atoms with Gasteiger partial charge in [-0.3, -0.25) is 19.3 Å². The third kappa shape index (κ3) is 4.67. The summed E-state index contributed by atoms with van der Waals surface area (Å²) < 4.78 is 9.60. The van der Waals surface area contributed by atoms with Crippen molar-refractivity contribution in [3.63, 3.8) is 0 Å². The number of nitrogens with zero attached hydrogens (tertiary/aromatic N) is 1. The number of thioether (sulfide) groups is 1. The zero-order valence-corrected chi connectivity index (χ0v) is 20.6. The molecule has 3 heterocycles. The average molecular weight is 476 g/mol. The molecule has 2 amide bonds. The molecule has 1 aromatic heterocycles. The molecule has 0 aromatic carbocycles. The Bertz CT molecular complexity index is 948. The number of amides is 2. The van der Waals surface area contributed by atoms with Gasteiger partial charge in [-0.2, -0.15) is 0 Å². The molecule has 0 unspecified atom stereocenters. The number of β-lactam (4-membered cyclic amide) rings is 1. The van der Waals surface area contributed by atoms with Crippen LogP contribution in [0.2, 0.25) is 0 Å². The molecule has 0 bridgehead atoms. The van der Waals surface area contributed by atoms with Gasteiger partial charge in [-0.1, -0.05) is 6.07 Å². The summed E-state index contributed by atoms with van der Waals surface area (Å²) in [6.07, 6.45) is -0.0536. The van der Waals surface area contributed by atoms with Crippen LogP contribution in [-0.2, 0) is 39.9 Å². The van der Waals surface area contributed by atoms with E-state index in [2.05, 4.69) is 5.32 Å². The molecule has 1 N–H and O–H groups in total. The SMILES string of the molecule is COC(=O)[C@@]1(NC(=O)Cc2cccs2)C(=O)N2C(C(=O)[O-])=C(COC(C)=O)CS[C@@H]21.[Na+]. The number of carboxylic acid groups (broad SMARTS) is 1. The summed E-state index contributed by atoms with van der Waals surface area (Å²) in [6, 6.07) is 3.50. The minimum Gasteiger partial charge on any atom is -0.543 e. The van der Waals surface area contributed by atoms with Gasteiger partial charge in [0.1, 0.15) is 12.0 Å². The van der Waals surface area contributed by atoms with E-state index in [1.165, 1.54) is 11.3 Å². The Balaban J connectivity index is 0.00000341. The smallest absolute Gasteiger partial charge is 0.543 e. The molecular formula is C18H17N2NaO8S2. The molecule has 3 rings (SSSR count). The van der Waals surface area contributed by atoms with Gasteiger partial charge in [0, 0.05) is 23.1 Å². The first kappa shape index (κ1) is 25.4. The summed E-state index contributed by atoms with van der Waals surface area (Å²) in [4.78, 5) is 62.5. The molecule has 1 aromatic rings. The van der Waals surface area contributed by atoms with Gasteiger partial charge in [-0.15, -0.1) is 23.1 Å². The zero-order chi connectivity index (χ0) is 22.1. The second kappa shape index (κ2) is 10.2. The molecule has 1 saturated heterocycles. The first-order valence-corrected chi connectivity index (χ1v) is 10.6.